The van der Waals surface area contributed by atoms with Gasteiger partial charge in [-0.15, -0.1) is 0 Å². The number of aromatic amines is 1. The van der Waals surface area contributed by atoms with Crippen molar-refractivity contribution < 1.29 is 13.6 Å². The van der Waals surface area contributed by atoms with E-state index in [2.05, 4.69) is 37.1 Å². The fourth-order valence-corrected chi connectivity index (χ4v) is 4.00. The van der Waals surface area contributed by atoms with Gasteiger partial charge in [-0.25, -0.2) is 18.7 Å². The fourth-order valence-electron chi connectivity index (χ4n) is 4.00. The van der Waals surface area contributed by atoms with Gasteiger partial charge in [-0.1, -0.05) is 0 Å². The summed E-state index contributed by atoms with van der Waals surface area (Å²) in [6.07, 6.45) is 3.20. The van der Waals surface area contributed by atoms with Crippen LogP contribution in [0.25, 0.3) is 22.3 Å². The first-order chi connectivity index (χ1) is 16.4. The Bertz CT molecular complexity index is 1380. The Morgan fingerprint density at radius 2 is 1.88 bits per heavy atom. The number of nitrogens with zero attached hydrogens (tertiary/aromatic N) is 4. The summed E-state index contributed by atoms with van der Waals surface area (Å²) < 4.78 is 28.2. The molecular weight excluding hydrogens is 440 g/mol. The number of halogens is 2. The van der Waals surface area contributed by atoms with Crippen LogP contribution in [-0.4, -0.2) is 59.0 Å². The Kier molecular flexibility index (Phi) is 5.58. The number of nitrogen functional groups attached to an aromatic ring is 1. The van der Waals surface area contributed by atoms with Crippen LogP contribution < -0.4 is 16.0 Å². The van der Waals surface area contributed by atoms with E-state index in [4.69, 9.17) is 5.73 Å². The van der Waals surface area contributed by atoms with E-state index in [1.54, 1.807) is 12.3 Å². The number of carbonyl (C=O) groups is 1. The van der Waals surface area contributed by atoms with E-state index in [-0.39, 0.29) is 5.69 Å². The van der Waals surface area contributed by atoms with E-state index in [0.29, 0.717) is 11.3 Å². The molecule has 1 fully saturated rings. The Hall–Kier alpha value is -4.05. The van der Waals surface area contributed by atoms with Gasteiger partial charge in [0.2, 0.25) is 0 Å². The van der Waals surface area contributed by atoms with E-state index < -0.39 is 23.1 Å². The summed E-state index contributed by atoms with van der Waals surface area (Å²) in [6.45, 7) is 3.80. The second kappa shape index (κ2) is 8.71. The average Bonchev–Trinajstić information content (AvgIpc) is 3.26. The summed E-state index contributed by atoms with van der Waals surface area (Å²) in [5, 5.41) is 3.23. The van der Waals surface area contributed by atoms with Crippen LogP contribution in [0.1, 0.15) is 10.4 Å². The molecule has 0 spiro atoms. The molecule has 0 radical (unpaired) electrons. The summed E-state index contributed by atoms with van der Waals surface area (Å²) in [5.41, 5.74) is 7.15. The lowest BCUT2D eigenvalue weighted by Gasteiger charge is -2.33. The largest absolute Gasteiger partial charge is 0.396 e. The zero-order valence-corrected chi connectivity index (χ0v) is 18.5. The maximum atomic E-state index is 14.2. The predicted molar refractivity (Wildman–Crippen MR) is 128 cm³/mol. The smallest absolute Gasteiger partial charge is 0.261 e. The highest BCUT2D eigenvalue weighted by Gasteiger charge is 2.20. The van der Waals surface area contributed by atoms with Gasteiger partial charge in [-0.2, -0.15) is 0 Å². The molecule has 0 aliphatic carbocycles. The Balaban J connectivity index is 1.39. The highest BCUT2D eigenvalue weighted by atomic mass is 19.1. The lowest BCUT2D eigenvalue weighted by Crippen LogP contribution is -2.44. The maximum absolute atomic E-state index is 14.2. The number of hydrogen-bond acceptors (Lipinski definition) is 6. The van der Waals surface area contributed by atoms with Gasteiger partial charge in [-0.3, -0.25) is 4.79 Å². The second-order valence-corrected chi connectivity index (χ2v) is 8.32. The molecule has 8 nitrogen and oxygen atoms in total. The van der Waals surface area contributed by atoms with Crippen LogP contribution in [0.2, 0.25) is 0 Å². The predicted octanol–water partition coefficient (Wildman–Crippen LogP) is 3.49. The minimum absolute atomic E-state index is 0.302. The number of nitrogens with two attached hydrogens (primary N) is 1. The quantitative estimate of drug-likeness (QED) is 0.401. The van der Waals surface area contributed by atoms with Crippen molar-refractivity contribution in [3.63, 3.8) is 0 Å². The van der Waals surface area contributed by atoms with Crippen LogP contribution in [0.3, 0.4) is 0 Å². The molecule has 0 unspecified atom stereocenters. The van der Waals surface area contributed by atoms with Crippen LogP contribution in [0.5, 0.6) is 0 Å². The highest BCUT2D eigenvalue weighted by molar-refractivity contribution is 6.05. The number of fused-ring (bicyclic) bond motifs is 1. The molecule has 174 valence electrons. The van der Waals surface area contributed by atoms with E-state index in [1.165, 1.54) is 6.20 Å². The molecule has 34 heavy (non-hydrogen) atoms. The van der Waals surface area contributed by atoms with Crippen molar-refractivity contribution in [3.8, 4) is 11.3 Å². The van der Waals surface area contributed by atoms with Crippen LogP contribution >= 0.6 is 0 Å². The molecule has 0 saturated carbocycles. The van der Waals surface area contributed by atoms with Gasteiger partial charge in [0.15, 0.2) is 5.82 Å². The van der Waals surface area contributed by atoms with Crippen LogP contribution in [0, 0.1) is 11.6 Å². The fraction of sp³-hybridized carbons (Fsp3) is 0.208. The average molecular weight is 463 g/mol. The van der Waals surface area contributed by atoms with Crippen LogP contribution in [0.4, 0.5) is 26.0 Å². The van der Waals surface area contributed by atoms with E-state index >= 15 is 0 Å². The van der Waals surface area contributed by atoms with Gasteiger partial charge >= 0.3 is 0 Å². The Labute approximate surface area is 194 Å². The summed E-state index contributed by atoms with van der Waals surface area (Å²) >= 11 is 0. The SMILES string of the molecule is CN1CCN(c2cc(-c3cc4cc(NC(=O)c5c(F)ccc(N)c5F)cnc4[nH]3)ccn2)CC1. The standard InChI is InChI=1S/C24H23F2N7O/c1-32-6-8-33(9-7-32)20-12-14(4-5-28-20)19-11-15-10-16(13-29-23(15)31-19)30-24(34)21-17(25)2-3-18(27)22(21)26/h2-5,10-13H,6-9,27H2,1H3,(H,29,31)(H,30,34). The van der Waals surface area contributed by atoms with E-state index in [0.717, 1.165) is 60.8 Å². The number of amides is 1. The number of nitrogens with one attached hydrogen (secondary N) is 2. The normalized spacial score (nSPS) is 14.5. The first-order valence-corrected chi connectivity index (χ1v) is 10.8. The summed E-state index contributed by atoms with van der Waals surface area (Å²) in [6, 6.07) is 9.57. The molecule has 1 amide bonds. The zero-order valence-electron chi connectivity index (χ0n) is 18.5. The third-order valence-electron chi connectivity index (χ3n) is 5.96. The van der Waals surface area contributed by atoms with Crippen molar-refractivity contribution in [1.29, 1.82) is 0 Å². The third kappa shape index (κ3) is 4.15. The highest BCUT2D eigenvalue weighted by Crippen LogP contribution is 2.28. The number of anilines is 3. The number of H-pyrrole nitrogens is 1. The third-order valence-corrected chi connectivity index (χ3v) is 5.96. The molecule has 4 heterocycles. The molecule has 0 atom stereocenters. The molecule has 4 aromatic rings. The molecule has 4 N–H and O–H groups in total. The van der Waals surface area contributed by atoms with E-state index in [1.807, 2.05) is 18.2 Å². The summed E-state index contributed by atoms with van der Waals surface area (Å²) in [7, 11) is 2.11. The van der Waals surface area contributed by atoms with Crippen molar-refractivity contribution in [2.75, 3.05) is 49.2 Å². The van der Waals surface area contributed by atoms with Crippen molar-refractivity contribution in [2.45, 2.75) is 0 Å². The first-order valence-electron chi connectivity index (χ1n) is 10.8. The molecule has 1 saturated heterocycles. The summed E-state index contributed by atoms with van der Waals surface area (Å²) in [4.78, 5) is 29.2. The van der Waals surface area contributed by atoms with Crippen molar-refractivity contribution in [1.82, 2.24) is 19.9 Å². The van der Waals surface area contributed by atoms with Crippen LogP contribution in [-0.2, 0) is 0 Å². The monoisotopic (exact) mass is 463 g/mol. The van der Waals surface area contributed by atoms with Gasteiger partial charge in [0.1, 0.15) is 22.8 Å². The molecular formula is C24H23F2N7O. The van der Waals surface area contributed by atoms with Crippen molar-refractivity contribution >= 4 is 34.1 Å². The van der Waals surface area contributed by atoms with Gasteiger partial charge in [0.05, 0.1) is 17.6 Å². The van der Waals surface area contributed by atoms with Crippen molar-refractivity contribution in [2.24, 2.45) is 0 Å². The van der Waals surface area contributed by atoms with Gasteiger partial charge in [0, 0.05) is 49.0 Å². The summed E-state index contributed by atoms with van der Waals surface area (Å²) in [5.74, 6) is -2.11. The molecule has 5 rings (SSSR count). The Morgan fingerprint density at radius 1 is 1.09 bits per heavy atom. The number of likely N-dealkylation sites (N-methyl/N-ethyl adjacent to an activating group) is 1. The van der Waals surface area contributed by atoms with Crippen LogP contribution in [0.15, 0.2) is 48.8 Å². The maximum Gasteiger partial charge on any atom is 0.261 e. The number of pyridine rings is 2. The van der Waals surface area contributed by atoms with Gasteiger partial charge in [0.25, 0.3) is 5.91 Å². The number of aromatic nitrogens is 3. The molecule has 3 aromatic heterocycles. The lowest BCUT2D eigenvalue weighted by molar-refractivity contribution is 0.101. The number of hydrogen-bond donors (Lipinski definition) is 3. The van der Waals surface area contributed by atoms with Gasteiger partial charge < -0.3 is 25.8 Å². The molecule has 1 aliphatic rings. The topological polar surface area (TPSA) is 103 Å². The number of rotatable bonds is 4. The first kappa shape index (κ1) is 21.8. The van der Waals surface area contributed by atoms with Gasteiger partial charge in [-0.05, 0) is 43.4 Å². The van der Waals surface area contributed by atoms with Crippen molar-refractivity contribution in [3.05, 3.63) is 66.0 Å². The second-order valence-electron chi connectivity index (χ2n) is 8.32. The Morgan fingerprint density at radius 3 is 2.68 bits per heavy atom. The number of benzene rings is 1. The zero-order chi connectivity index (χ0) is 23.8. The molecule has 10 heteroatoms. The minimum atomic E-state index is -1.09. The number of carbonyl (C=O) groups excluding carboxylic acids is 1. The molecule has 0 bridgehead atoms. The van der Waals surface area contributed by atoms with E-state index in [9.17, 15) is 13.6 Å². The minimum Gasteiger partial charge on any atom is -0.396 e. The molecule has 1 aliphatic heterocycles. The lowest BCUT2D eigenvalue weighted by atomic mass is 10.1. The molecule has 1 aromatic carbocycles. The number of piperazine rings is 1.